The minimum atomic E-state index is 0.720. The zero-order valence-electron chi connectivity index (χ0n) is 15.9. The molecule has 6 heteroatoms. The number of rotatable bonds is 3. The smallest absolute Gasteiger partial charge is 0.159 e. The van der Waals surface area contributed by atoms with E-state index in [2.05, 4.69) is 56.2 Å². The normalized spacial score (nSPS) is 15.2. The Kier molecular flexibility index (Phi) is 4.25. The van der Waals surface area contributed by atoms with Gasteiger partial charge in [-0.2, -0.15) is 5.10 Å². The molecule has 5 rings (SSSR count). The lowest BCUT2D eigenvalue weighted by atomic mass is 10.2. The van der Waals surface area contributed by atoms with Gasteiger partial charge in [0.25, 0.3) is 0 Å². The van der Waals surface area contributed by atoms with E-state index in [9.17, 15) is 0 Å². The first-order chi connectivity index (χ1) is 13.8. The van der Waals surface area contributed by atoms with Crippen LogP contribution in [0.2, 0.25) is 0 Å². The number of benzene rings is 2. The van der Waals surface area contributed by atoms with Crippen LogP contribution in [0.3, 0.4) is 0 Å². The summed E-state index contributed by atoms with van der Waals surface area (Å²) in [4.78, 5) is 14.0. The predicted octanol–water partition coefficient (Wildman–Crippen LogP) is 3.23. The van der Waals surface area contributed by atoms with E-state index in [-0.39, 0.29) is 0 Å². The fraction of sp³-hybridized carbons (Fsp3) is 0.227. The van der Waals surface area contributed by atoms with Gasteiger partial charge in [0.2, 0.25) is 0 Å². The molecule has 4 aromatic rings. The summed E-state index contributed by atoms with van der Waals surface area (Å²) in [5, 5.41) is 4.55. The molecule has 0 spiro atoms. The summed E-state index contributed by atoms with van der Waals surface area (Å²) in [7, 11) is 2.18. The van der Waals surface area contributed by atoms with Crippen molar-refractivity contribution < 1.29 is 0 Å². The van der Waals surface area contributed by atoms with E-state index >= 15 is 0 Å². The van der Waals surface area contributed by atoms with Gasteiger partial charge < -0.3 is 9.80 Å². The highest BCUT2D eigenvalue weighted by Crippen LogP contribution is 2.23. The molecule has 0 amide bonds. The van der Waals surface area contributed by atoms with Crippen molar-refractivity contribution in [2.45, 2.75) is 0 Å². The molecule has 0 aliphatic carbocycles. The van der Waals surface area contributed by atoms with Crippen molar-refractivity contribution >= 4 is 16.7 Å². The third kappa shape index (κ3) is 3.12. The summed E-state index contributed by atoms with van der Waals surface area (Å²) >= 11 is 0. The summed E-state index contributed by atoms with van der Waals surface area (Å²) in [5.41, 5.74) is 5.04. The van der Waals surface area contributed by atoms with Gasteiger partial charge >= 0.3 is 0 Å². The second-order valence-corrected chi connectivity index (χ2v) is 7.19. The van der Waals surface area contributed by atoms with Crippen molar-refractivity contribution in [3.05, 3.63) is 67.0 Å². The molecule has 2 aromatic carbocycles. The van der Waals surface area contributed by atoms with Crippen molar-refractivity contribution in [2.24, 2.45) is 0 Å². The Morgan fingerprint density at radius 1 is 0.786 bits per heavy atom. The Morgan fingerprint density at radius 2 is 1.50 bits per heavy atom. The summed E-state index contributed by atoms with van der Waals surface area (Å²) in [6.45, 7) is 4.34. The van der Waals surface area contributed by atoms with Crippen molar-refractivity contribution in [1.29, 1.82) is 0 Å². The first-order valence-electron chi connectivity index (χ1n) is 9.58. The number of likely N-dealkylation sites (N-methyl/N-ethyl adjacent to an activating group) is 1. The molecule has 1 fully saturated rings. The van der Waals surface area contributed by atoms with Crippen molar-refractivity contribution in [3.63, 3.8) is 0 Å². The molecule has 0 radical (unpaired) electrons. The Bertz CT molecular complexity index is 1080. The molecule has 1 aliphatic heterocycles. The van der Waals surface area contributed by atoms with E-state index in [1.165, 1.54) is 5.69 Å². The number of piperazine rings is 1. The standard InChI is InChI=1S/C22H22N6/c1-26-11-13-27(14-12-26)18-7-9-19(10-8-18)28-21-16-23-22(25-20(21)15-24-28)17-5-3-2-4-6-17/h2-10,15-16H,11-14H2,1H3. The van der Waals surface area contributed by atoms with Crippen molar-refractivity contribution in [3.8, 4) is 17.1 Å². The minimum Gasteiger partial charge on any atom is -0.369 e. The first kappa shape index (κ1) is 16.9. The highest BCUT2D eigenvalue weighted by molar-refractivity contribution is 5.77. The lowest BCUT2D eigenvalue weighted by Crippen LogP contribution is -2.44. The molecule has 140 valence electrons. The topological polar surface area (TPSA) is 50.1 Å². The molecule has 0 bridgehead atoms. The highest BCUT2D eigenvalue weighted by Gasteiger charge is 2.15. The quantitative estimate of drug-likeness (QED) is 0.554. The van der Waals surface area contributed by atoms with E-state index in [0.717, 1.165) is 54.3 Å². The molecule has 28 heavy (non-hydrogen) atoms. The molecule has 6 nitrogen and oxygen atoms in total. The SMILES string of the molecule is CN1CCN(c2ccc(-n3ncc4nc(-c5ccccc5)ncc43)cc2)CC1. The van der Waals surface area contributed by atoms with Crippen LogP contribution in [0.5, 0.6) is 0 Å². The summed E-state index contributed by atoms with van der Waals surface area (Å²) in [6.07, 6.45) is 3.66. The first-order valence-corrected chi connectivity index (χ1v) is 9.58. The fourth-order valence-corrected chi connectivity index (χ4v) is 3.62. The van der Waals surface area contributed by atoms with Gasteiger partial charge in [0.05, 0.1) is 18.1 Å². The van der Waals surface area contributed by atoms with Crippen LogP contribution in [0.25, 0.3) is 28.1 Å². The van der Waals surface area contributed by atoms with Crippen LogP contribution in [0.1, 0.15) is 0 Å². The number of nitrogens with zero attached hydrogens (tertiary/aromatic N) is 6. The van der Waals surface area contributed by atoms with E-state index in [0.29, 0.717) is 0 Å². The minimum absolute atomic E-state index is 0.720. The lowest BCUT2D eigenvalue weighted by molar-refractivity contribution is 0.313. The summed E-state index contributed by atoms with van der Waals surface area (Å²) < 4.78 is 1.90. The van der Waals surface area contributed by atoms with Gasteiger partial charge in [-0.15, -0.1) is 0 Å². The Balaban J connectivity index is 1.43. The zero-order valence-corrected chi connectivity index (χ0v) is 15.9. The molecule has 0 unspecified atom stereocenters. The fourth-order valence-electron chi connectivity index (χ4n) is 3.62. The van der Waals surface area contributed by atoms with E-state index < -0.39 is 0 Å². The maximum absolute atomic E-state index is 4.68. The van der Waals surface area contributed by atoms with Gasteiger partial charge in [-0.05, 0) is 31.3 Å². The van der Waals surface area contributed by atoms with Gasteiger partial charge in [-0.3, -0.25) is 0 Å². The van der Waals surface area contributed by atoms with E-state index in [1.807, 2.05) is 41.2 Å². The van der Waals surface area contributed by atoms with Crippen LogP contribution in [-0.2, 0) is 0 Å². The molecule has 0 saturated carbocycles. The Labute approximate surface area is 164 Å². The van der Waals surface area contributed by atoms with Crippen LogP contribution in [0.4, 0.5) is 5.69 Å². The predicted molar refractivity (Wildman–Crippen MR) is 112 cm³/mol. The van der Waals surface area contributed by atoms with Gasteiger partial charge in [-0.1, -0.05) is 30.3 Å². The van der Waals surface area contributed by atoms with Crippen LogP contribution in [0.15, 0.2) is 67.0 Å². The number of anilines is 1. The van der Waals surface area contributed by atoms with E-state index in [1.54, 1.807) is 6.20 Å². The van der Waals surface area contributed by atoms with Crippen LogP contribution >= 0.6 is 0 Å². The third-order valence-electron chi connectivity index (χ3n) is 5.32. The summed E-state index contributed by atoms with van der Waals surface area (Å²) in [6, 6.07) is 18.6. The molecule has 1 aliphatic rings. The molecule has 0 atom stereocenters. The van der Waals surface area contributed by atoms with Gasteiger partial charge in [0.1, 0.15) is 11.0 Å². The maximum atomic E-state index is 4.68. The second-order valence-electron chi connectivity index (χ2n) is 7.19. The van der Waals surface area contributed by atoms with Gasteiger partial charge in [0.15, 0.2) is 5.82 Å². The molecular weight excluding hydrogens is 348 g/mol. The van der Waals surface area contributed by atoms with Crippen LogP contribution in [0, 0.1) is 0 Å². The molecule has 0 N–H and O–H groups in total. The number of fused-ring (bicyclic) bond motifs is 1. The van der Waals surface area contributed by atoms with Crippen molar-refractivity contribution in [2.75, 3.05) is 38.1 Å². The molecule has 3 heterocycles. The monoisotopic (exact) mass is 370 g/mol. The zero-order chi connectivity index (χ0) is 18.9. The Morgan fingerprint density at radius 3 is 2.25 bits per heavy atom. The molecular formula is C22H22N6. The van der Waals surface area contributed by atoms with Gasteiger partial charge in [-0.25, -0.2) is 14.6 Å². The number of aromatic nitrogens is 4. The number of hydrogen-bond donors (Lipinski definition) is 0. The van der Waals surface area contributed by atoms with Crippen LogP contribution < -0.4 is 4.90 Å². The average molecular weight is 370 g/mol. The van der Waals surface area contributed by atoms with Crippen molar-refractivity contribution in [1.82, 2.24) is 24.6 Å². The second kappa shape index (κ2) is 7.05. The third-order valence-corrected chi connectivity index (χ3v) is 5.32. The molecule has 2 aromatic heterocycles. The molecule has 1 saturated heterocycles. The largest absolute Gasteiger partial charge is 0.369 e. The van der Waals surface area contributed by atoms with E-state index in [4.69, 9.17) is 0 Å². The maximum Gasteiger partial charge on any atom is 0.159 e. The lowest BCUT2D eigenvalue weighted by Gasteiger charge is -2.34. The highest BCUT2D eigenvalue weighted by atomic mass is 15.3. The van der Waals surface area contributed by atoms with Gasteiger partial charge in [0, 0.05) is 37.4 Å². The number of hydrogen-bond acceptors (Lipinski definition) is 5. The van der Waals surface area contributed by atoms with Crippen LogP contribution in [-0.4, -0.2) is 57.9 Å². The summed E-state index contributed by atoms with van der Waals surface area (Å²) in [5.74, 6) is 0.720. The Hall–Kier alpha value is -3.25. The average Bonchev–Trinajstić information content (AvgIpc) is 3.18.